The van der Waals surface area contributed by atoms with Gasteiger partial charge in [0.05, 0.1) is 21.9 Å². The summed E-state index contributed by atoms with van der Waals surface area (Å²) in [5.74, 6) is -0.0140. The van der Waals surface area contributed by atoms with E-state index in [9.17, 15) is 30.0 Å². The lowest BCUT2D eigenvalue weighted by atomic mass is 10.1. The molecule has 0 bridgehead atoms. The Morgan fingerprint density at radius 3 is 2.17 bits per heavy atom. The summed E-state index contributed by atoms with van der Waals surface area (Å²) < 4.78 is 86.7. The van der Waals surface area contributed by atoms with E-state index in [1.807, 2.05) is 0 Å². The fraction of sp³-hybridized carbons (Fsp3) is 0.304. The molecule has 1 N–H and O–H groups in total. The second kappa shape index (κ2) is 10.3. The molecule has 188 valence electrons. The summed E-state index contributed by atoms with van der Waals surface area (Å²) in [7, 11) is -6.54. The number of hydrogen-bond donors (Lipinski definition) is 1. The average Bonchev–Trinajstić information content (AvgIpc) is 2.76. The lowest BCUT2D eigenvalue weighted by Gasteiger charge is -2.14. The Morgan fingerprint density at radius 1 is 0.886 bits per heavy atom. The van der Waals surface area contributed by atoms with E-state index in [1.54, 1.807) is 36.4 Å². The third-order valence-corrected chi connectivity index (χ3v) is 7.18. The van der Waals surface area contributed by atoms with Gasteiger partial charge in [0.2, 0.25) is 5.95 Å². The van der Waals surface area contributed by atoms with E-state index >= 15 is 0 Å². The van der Waals surface area contributed by atoms with Crippen molar-refractivity contribution in [2.45, 2.75) is 30.3 Å². The molecule has 0 spiro atoms. The average molecular weight is 528 g/mol. The van der Waals surface area contributed by atoms with Crippen molar-refractivity contribution in [2.75, 3.05) is 23.6 Å². The van der Waals surface area contributed by atoms with Crippen molar-refractivity contribution in [2.24, 2.45) is 0 Å². The Morgan fingerprint density at radius 2 is 1.57 bits per heavy atom. The van der Waals surface area contributed by atoms with Crippen molar-refractivity contribution in [3.8, 4) is 0 Å². The highest BCUT2D eigenvalue weighted by molar-refractivity contribution is 7.91. The molecule has 0 atom stereocenters. The number of anilines is 2. The van der Waals surface area contributed by atoms with Gasteiger partial charge >= 0.3 is 6.18 Å². The van der Waals surface area contributed by atoms with Gasteiger partial charge in [-0.2, -0.15) is 13.2 Å². The van der Waals surface area contributed by atoms with Crippen LogP contribution in [-0.2, 0) is 45.1 Å². The zero-order valence-corrected chi connectivity index (χ0v) is 20.6. The molecule has 12 heteroatoms. The zero-order chi connectivity index (χ0) is 25.9. The molecule has 35 heavy (non-hydrogen) atoms. The van der Waals surface area contributed by atoms with E-state index in [0.717, 1.165) is 24.3 Å². The summed E-state index contributed by atoms with van der Waals surface area (Å²) in [6, 6.07) is 12.8. The smallest absolute Gasteiger partial charge is 0.324 e. The van der Waals surface area contributed by atoms with E-state index in [4.69, 9.17) is 0 Å². The minimum atomic E-state index is -4.65. The molecule has 2 aromatic carbocycles. The quantitative estimate of drug-likeness (QED) is 0.448. The third kappa shape index (κ3) is 8.03. The van der Waals surface area contributed by atoms with Crippen LogP contribution in [0.5, 0.6) is 0 Å². The van der Waals surface area contributed by atoms with Crippen LogP contribution in [0, 0.1) is 0 Å². The molecule has 0 saturated heterocycles. The van der Waals surface area contributed by atoms with E-state index in [1.165, 1.54) is 12.1 Å². The van der Waals surface area contributed by atoms with Crippen LogP contribution in [0.15, 0.2) is 59.6 Å². The molecule has 0 unspecified atom stereocenters. The van der Waals surface area contributed by atoms with Crippen molar-refractivity contribution in [3.63, 3.8) is 0 Å². The molecule has 3 rings (SSSR count). The van der Waals surface area contributed by atoms with Gasteiger partial charge in [0.15, 0.2) is 9.84 Å². The molecule has 7 nitrogen and oxygen atoms in total. The topological polar surface area (TPSA) is 106 Å². The number of hydrogen-bond acceptors (Lipinski definition) is 7. The summed E-state index contributed by atoms with van der Waals surface area (Å²) in [6.45, 7) is 0. The summed E-state index contributed by atoms with van der Waals surface area (Å²) in [5.41, 5.74) is 0.716. The van der Waals surface area contributed by atoms with E-state index < -0.39 is 31.4 Å². The molecular weight excluding hydrogens is 503 g/mol. The minimum absolute atomic E-state index is 0.0121. The largest absolute Gasteiger partial charge is 0.419 e. The van der Waals surface area contributed by atoms with Gasteiger partial charge in [0.25, 0.3) is 0 Å². The van der Waals surface area contributed by atoms with Crippen LogP contribution in [0.4, 0.5) is 24.8 Å². The van der Waals surface area contributed by atoms with Crippen molar-refractivity contribution < 1.29 is 30.0 Å². The van der Waals surface area contributed by atoms with Crippen molar-refractivity contribution in [3.05, 3.63) is 77.1 Å². The Bertz CT molecular complexity index is 1410. The first-order valence-corrected chi connectivity index (χ1v) is 14.4. The van der Waals surface area contributed by atoms with Gasteiger partial charge in [-0.1, -0.05) is 24.3 Å². The summed E-state index contributed by atoms with van der Waals surface area (Å²) in [6.07, 6.45) is -1.29. The number of benzene rings is 2. The van der Waals surface area contributed by atoms with E-state index in [0.29, 0.717) is 17.7 Å². The van der Waals surface area contributed by atoms with Crippen molar-refractivity contribution >= 4 is 31.3 Å². The van der Waals surface area contributed by atoms with Gasteiger partial charge < -0.3 is 5.32 Å². The van der Waals surface area contributed by atoms with Gasteiger partial charge in [-0.3, -0.25) is 0 Å². The highest BCUT2D eigenvalue weighted by Crippen LogP contribution is 2.32. The van der Waals surface area contributed by atoms with Crippen LogP contribution in [0.1, 0.15) is 22.4 Å². The number of alkyl halides is 3. The van der Waals surface area contributed by atoms with Gasteiger partial charge in [0.1, 0.15) is 9.84 Å². The molecule has 0 saturated carbocycles. The van der Waals surface area contributed by atoms with Gasteiger partial charge in [-0.25, -0.2) is 26.8 Å². The third-order valence-electron chi connectivity index (χ3n) is 5.12. The van der Waals surface area contributed by atoms with Crippen LogP contribution in [0.3, 0.4) is 0 Å². The maximum atomic E-state index is 13.5. The molecule has 0 radical (unpaired) electrons. The standard InChI is InChI=1S/C23H24F3N3O4S2/c1-34(30,31)13-12-16-6-9-18(10-7-16)28-22-27-15-20(23(24,25)26)21(29-22)11-8-17-4-3-5-19(14-17)35(2,32)33/h3-7,9-10,14-15H,8,11-13H2,1-2H3,(H,27,28,29). The monoisotopic (exact) mass is 527 g/mol. The second-order valence-corrected chi connectivity index (χ2v) is 12.4. The Balaban J connectivity index is 1.79. The number of nitrogens with one attached hydrogen (secondary N) is 1. The molecule has 0 fully saturated rings. The van der Waals surface area contributed by atoms with Gasteiger partial charge in [-0.15, -0.1) is 0 Å². The van der Waals surface area contributed by atoms with E-state index in [2.05, 4.69) is 15.3 Å². The number of aryl methyl sites for hydroxylation is 3. The second-order valence-electron chi connectivity index (χ2n) is 8.17. The van der Waals surface area contributed by atoms with Gasteiger partial charge in [0, 0.05) is 24.4 Å². The molecular formula is C23H24F3N3O4S2. The molecule has 1 aromatic heterocycles. The van der Waals surface area contributed by atoms with Gasteiger partial charge in [-0.05, 0) is 54.7 Å². The normalized spacial score (nSPS) is 12.5. The molecule has 0 aliphatic rings. The number of sulfone groups is 2. The fourth-order valence-electron chi connectivity index (χ4n) is 3.29. The van der Waals surface area contributed by atoms with Crippen LogP contribution in [-0.4, -0.2) is 45.1 Å². The number of aromatic nitrogens is 2. The zero-order valence-electron chi connectivity index (χ0n) is 19.0. The number of rotatable bonds is 9. The highest BCUT2D eigenvalue weighted by Gasteiger charge is 2.34. The molecule has 0 aliphatic carbocycles. The Kier molecular flexibility index (Phi) is 7.85. The summed E-state index contributed by atoms with van der Waals surface area (Å²) in [5, 5.41) is 2.86. The number of nitrogens with zero attached hydrogens (tertiary/aromatic N) is 2. The van der Waals surface area contributed by atoms with Crippen LogP contribution in [0.25, 0.3) is 0 Å². The predicted molar refractivity (Wildman–Crippen MR) is 127 cm³/mol. The lowest BCUT2D eigenvalue weighted by Crippen LogP contribution is -2.14. The summed E-state index contributed by atoms with van der Waals surface area (Å²) in [4.78, 5) is 7.96. The lowest BCUT2D eigenvalue weighted by molar-refractivity contribution is -0.138. The maximum absolute atomic E-state index is 13.5. The molecule has 1 heterocycles. The van der Waals surface area contributed by atoms with E-state index in [-0.39, 0.29) is 35.1 Å². The highest BCUT2D eigenvalue weighted by atomic mass is 32.2. The number of halogens is 3. The van der Waals surface area contributed by atoms with Crippen LogP contribution in [0.2, 0.25) is 0 Å². The first kappa shape index (κ1) is 26.6. The first-order valence-electron chi connectivity index (χ1n) is 10.5. The molecule has 0 amide bonds. The summed E-state index contributed by atoms with van der Waals surface area (Å²) >= 11 is 0. The van der Waals surface area contributed by atoms with Crippen LogP contribution < -0.4 is 5.32 Å². The van der Waals surface area contributed by atoms with Crippen molar-refractivity contribution in [1.82, 2.24) is 9.97 Å². The predicted octanol–water partition coefficient (Wildman–Crippen LogP) is 4.01. The van der Waals surface area contributed by atoms with Crippen LogP contribution >= 0.6 is 0 Å². The first-order chi connectivity index (χ1) is 16.2. The molecule has 3 aromatic rings. The Hall–Kier alpha value is -2.99. The van der Waals surface area contributed by atoms with Crippen molar-refractivity contribution in [1.29, 1.82) is 0 Å². The maximum Gasteiger partial charge on any atom is 0.419 e. The SMILES string of the molecule is CS(=O)(=O)CCc1ccc(Nc2ncc(C(F)(F)F)c(CCc3cccc(S(C)(=O)=O)c3)n2)cc1. The fourth-order valence-corrected chi connectivity index (χ4v) is 4.58. The minimum Gasteiger partial charge on any atom is -0.324 e. The molecule has 0 aliphatic heterocycles. The Labute approximate surface area is 202 Å².